The molecule has 0 radical (unpaired) electrons. The molecule has 2 atom stereocenters. The van der Waals surface area contributed by atoms with Crippen LogP contribution in [0.3, 0.4) is 0 Å². The third kappa shape index (κ3) is 5.73. The summed E-state index contributed by atoms with van der Waals surface area (Å²) in [5.74, 6) is 0.378. The highest BCUT2D eigenvalue weighted by Crippen LogP contribution is 2.26. The van der Waals surface area contributed by atoms with Gasteiger partial charge in [-0.15, -0.1) is 11.3 Å². The first-order valence-electron chi connectivity index (χ1n) is 9.57. The van der Waals surface area contributed by atoms with Crippen molar-refractivity contribution in [1.29, 1.82) is 0 Å². The van der Waals surface area contributed by atoms with Crippen molar-refractivity contribution in [1.82, 2.24) is 10.6 Å². The van der Waals surface area contributed by atoms with Gasteiger partial charge in [0.05, 0.1) is 20.3 Å². The Morgan fingerprint density at radius 2 is 1.52 bits per heavy atom. The Hall–Kier alpha value is -2.54. The lowest BCUT2D eigenvalue weighted by molar-refractivity contribution is -0.124. The molecule has 1 aromatic carbocycles. The maximum atomic E-state index is 12.9. The number of aryl methyl sites for hydroxylation is 2. The Bertz CT molecular complexity index is 853. The van der Waals surface area contributed by atoms with E-state index in [1.807, 2.05) is 27.7 Å². The standard InChI is InChI=1S/C22H30N2O4S/c1-12(2)20(22(26)23-14(4)19-8-13(3)29-15(19)5)24-21(25)16-9-17(27-6)11-18(10-16)28-7/h8-12,14,20H,1-7H3,(H,23,26)(H,24,25)/t14-,20+/m1/s1. The second kappa shape index (κ2) is 9.78. The monoisotopic (exact) mass is 418 g/mol. The molecule has 158 valence electrons. The Balaban J connectivity index is 2.16. The Kier molecular flexibility index (Phi) is 7.67. The molecule has 7 heteroatoms. The summed E-state index contributed by atoms with van der Waals surface area (Å²) in [5, 5.41) is 5.89. The fourth-order valence-electron chi connectivity index (χ4n) is 3.16. The van der Waals surface area contributed by atoms with Crippen LogP contribution in [0.25, 0.3) is 0 Å². The minimum absolute atomic E-state index is 0.0797. The topological polar surface area (TPSA) is 76.7 Å². The molecule has 0 saturated heterocycles. The Morgan fingerprint density at radius 1 is 0.931 bits per heavy atom. The van der Waals surface area contributed by atoms with Gasteiger partial charge in [0.15, 0.2) is 0 Å². The minimum atomic E-state index is -0.665. The van der Waals surface area contributed by atoms with Crippen LogP contribution < -0.4 is 20.1 Å². The zero-order valence-corrected chi connectivity index (χ0v) is 18.9. The maximum absolute atomic E-state index is 12.9. The molecule has 0 saturated carbocycles. The molecule has 6 nitrogen and oxygen atoms in total. The summed E-state index contributed by atoms with van der Waals surface area (Å²) in [5.41, 5.74) is 1.48. The molecular formula is C22H30N2O4S. The van der Waals surface area contributed by atoms with Gasteiger partial charge >= 0.3 is 0 Å². The molecule has 0 unspecified atom stereocenters. The van der Waals surface area contributed by atoms with Crippen LogP contribution in [0.4, 0.5) is 0 Å². The highest BCUT2D eigenvalue weighted by atomic mass is 32.1. The van der Waals surface area contributed by atoms with E-state index >= 15 is 0 Å². The van der Waals surface area contributed by atoms with Crippen molar-refractivity contribution in [2.45, 2.75) is 46.7 Å². The zero-order valence-electron chi connectivity index (χ0n) is 18.1. The number of hydrogen-bond donors (Lipinski definition) is 2. The summed E-state index contributed by atoms with van der Waals surface area (Å²) in [4.78, 5) is 28.1. The largest absolute Gasteiger partial charge is 0.497 e. The SMILES string of the molecule is COc1cc(OC)cc(C(=O)N[C@H](C(=O)N[C@H](C)c2cc(C)sc2C)C(C)C)c1. The lowest BCUT2D eigenvalue weighted by Crippen LogP contribution is -2.50. The van der Waals surface area contributed by atoms with Crippen LogP contribution in [0.2, 0.25) is 0 Å². The molecule has 2 rings (SSSR count). The van der Waals surface area contributed by atoms with Gasteiger partial charge in [-0.25, -0.2) is 0 Å². The van der Waals surface area contributed by atoms with Crippen molar-refractivity contribution in [2.75, 3.05) is 14.2 Å². The molecule has 2 aromatic rings. The number of hydrogen-bond acceptors (Lipinski definition) is 5. The molecule has 1 aromatic heterocycles. The van der Waals surface area contributed by atoms with Crippen LogP contribution in [0.1, 0.15) is 52.5 Å². The smallest absolute Gasteiger partial charge is 0.252 e. The summed E-state index contributed by atoms with van der Waals surface area (Å²) >= 11 is 1.71. The molecular weight excluding hydrogens is 388 g/mol. The van der Waals surface area contributed by atoms with E-state index in [4.69, 9.17) is 9.47 Å². The van der Waals surface area contributed by atoms with E-state index in [0.717, 1.165) is 5.56 Å². The van der Waals surface area contributed by atoms with E-state index in [1.165, 1.54) is 24.0 Å². The predicted molar refractivity (Wildman–Crippen MR) is 116 cm³/mol. The zero-order chi connectivity index (χ0) is 21.7. The van der Waals surface area contributed by atoms with Crippen LogP contribution in [0.15, 0.2) is 24.3 Å². The minimum Gasteiger partial charge on any atom is -0.497 e. The lowest BCUT2D eigenvalue weighted by atomic mass is 10.0. The van der Waals surface area contributed by atoms with Crippen LogP contribution in [0.5, 0.6) is 11.5 Å². The van der Waals surface area contributed by atoms with Crippen molar-refractivity contribution < 1.29 is 19.1 Å². The molecule has 1 heterocycles. The molecule has 0 fully saturated rings. The van der Waals surface area contributed by atoms with E-state index < -0.39 is 6.04 Å². The number of methoxy groups -OCH3 is 2. The third-order valence-corrected chi connectivity index (χ3v) is 5.74. The van der Waals surface area contributed by atoms with E-state index in [9.17, 15) is 9.59 Å². The van der Waals surface area contributed by atoms with Crippen molar-refractivity contribution in [3.63, 3.8) is 0 Å². The second-order valence-corrected chi connectivity index (χ2v) is 8.86. The van der Waals surface area contributed by atoms with Crippen LogP contribution in [-0.4, -0.2) is 32.1 Å². The second-order valence-electron chi connectivity index (χ2n) is 7.40. The number of benzene rings is 1. The highest BCUT2D eigenvalue weighted by Gasteiger charge is 2.27. The van der Waals surface area contributed by atoms with Crippen LogP contribution in [0, 0.1) is 19.8 Å². The van der Waals surface area contributed by atoms with Gasteiger partial charge in [0, 0.05) is 21.4 Å². The van der Waals surface area contributed by atoms with Crippen LogP contribution in [-0.2, 0) is 4.79 Å². The number of carbonyl (C=O) groups excluding carboxylic acids is 2. The average Bonchev–Trinajstić information content (AvgIpc) is 3.03. The van der Waals surface area contributed by atoms with Gasteiger partial charge in [-0.05, 0) is 50.5 Å². The maximum Gasteiger partial charge on any atom is 0.252 e. The molecule has 0 bridgehead atoms. The first-order chi connectivity index (χ1) is 13.7. The van der Waals surface area contributed by atoms with Gasteiger partial charge in [0.25, 0.3) is 5.91 Å². The Morgan fingerprint density at radius 3 is 1.97 bits per heavy atom. The molecule has 2 amide bonds. The fourth-order valence-corrected chi connectivity index (χ4v) is 4.18. The van der Waals surface area contributed by atoms with Gasteiger partial charge < -0.3 is 20.1 Å². The van der Waals surface area contributed by atoms with Crippen molar-refractivity contribution in [2.24, 2.45) is 5.92 Å². The lowest BCUT2D eigenvalue weighted by Gasteiger charge is -2.24. The summed E-state index contributed by atoms with van der Waals surface area (Å²) < 4.78 is 10.4. The van der Waals surface area contributed by atoms with Gasteiger partial charge in [-0.3, -0.25) is 9.59 Å². The number of ether oxygens (including phenoxy) is 2. The van der Waals surface area contributed by atoms with Crippen molar-refractivity contribution in [3.05, 3.63) is 45.1 Å². The van der Waals surface area contributed by atoms with E-state index in [1.54, 1.807) is 29.5 Å². The summed E-state index contributed by atoms with van der Waals surface area (Å²) in [6, 6.07) is 6.22. The number of rotatable bonds is 8. The summed E-state index contributed by atoms with van der Waals surface area (Å²) in [6.45, 7) is 9.87. The molecule has 29 heavy (non-hydrogen) atoms. The van der Waals surface area contributed by atoms with Gasteiger partial charge in [-0.2, -0.15) is 0 Å². The number of thiophene rings is 1. The number of carbonyl (C=O) groups is 2. The fraction of sp³-hybridized carbons (Fsp3) is 0.455. The highest BCUT2D eigenvalue weighted by molar-refractivity contribution is 7.12. The predicted octanol–water partition coefficient (Wildman–Crippen LogP) is 4.01. The quantitative estimate of drug-likeness (QED) is 0.679. The van der Waals surface area contributed by atoms with Gasteiger partial charge in [0.2, 0.25) is 5.91 Å². The summed E-state index contributed by atoms with van der Waals surface area (Å²) in [6.07, 6.45) is 0. The van der Waals surface area contributed by atoms with E-state index in [-0.39, 0.29) is 23.8 Å². The number of nitrogens with one attached hydrogen (secondary N) is 2. The van der Waals surface area contributed by atoms with Crippen LogP contribution >= 0.6 is 11.3 Å². The normalized spacial score (nSPS) is 13.0. The van der Waals surface area contributed by atoms with E-state index in [2.05, 4.69) is 23.6 Å². The van der Waals surface area contributed by atoms with Gasteiger partial charge in [-0.1, -0.05) is 13.8 Å². The Labute approximate surface area is 176 Å². The molecule has 0 aliphatic carbocycles. The first-order valence-corrected chi connectivity index (χ1v) is 10.4. The van der Waals surface area contributed by atoms with E-state index in [0.29, 0.717) is 17.1 Å². The summed E-state index contributed by atoms with van der Waals surface area (Å²) in [7, 11) is 3.05. The average molecular weight is 419 g/mol. The molecule has 0 aliphatic heterocycles. The third-order valence-electron chi connectivity index (χ3n) is 4.75. The molecule has 2 N–H and O–H groups in total. The molecule has 0 spiro atoms. The van der Waals surface area contributed by atoms with Crippen molar-refractivity contribution >= 4 is 23.2 Å². The number of amides is 2. The first kappa shape index (κ1) is 22.7. The van der Waals surface area contributed by atoms with Crippen molar-refractivity contribution in [3.8, 4) is 11.5 Å². The van der Waals surface area contributed by atoms with Gasteiger partial charge in [0.1, 0.15) is 17.5 Å². The molecule has 0 aliphatic rings.